The molecule has 0 atom stereocenters. The van der Waals surface area contributed by atoms with Gasteiger partial charge in [0.05, 0.1) is 22.7 Å². The van der Waals surface area contributed by atoms with Crippen LogP contribution >= 0.6 is 11.3 Å². The van der Waals surface area contributed by atoms with Crippen molar-refractivity contribution in [3.8, 4) is 0 Å². The van der Waals surface area contributed by atoms with Gasteiger partial charge in [0, 0.05) is 4.88 Å². The summed E-state index contributed by atoms with van der Waals surface area (Å²) in [5.41, 5.74) is 0.796. The van der Waals surface area contributed by atoms with E-state index in [0.29, 0.717) is 0 Å². The van der Waals surface area contributed by atoms with Gasteiger partial charge in [0.1, 0.15) is 0 Å². The minimum Gasteiger partial charge on any atom is -0.247 e. The highest BCUT2D eigenvalue weighted by Gasteiger charge is 2.10. The Morgan fingerprint density at radius 2 is 2.08 bits per heavy atom. The van der Waals surface area contributed by atoms with Gasteiger partial charge in [-0.25, -0.2) is 13.4 Å². The molecule has 5 heteroatoms. The van der Waals surface area contributed by atoms with Gasteiger partial charge in [-0.3, -0.25) is 0 Å². The Labute approximate surface area is 76.4 Å². The molecular weight excluding hydrogens is 194 g/mol. The van der Waals surface area contributed by atoms with Crippen LogP contribution in [0.15, 0.2) is 0 Å². The standard InChI is InChI=1S/C7H10NO2S2/c1-5-7(4-12(3,9)10)11-6(2)8-5/h3-4H2,1-2H3. The predicted octanol–water partition coefficient (Wildman–Crippen LogP) is 1.47. The van der Waals surface area contributed by atoms with Gasteiger partial charge in [-0.2, -0.15) is 0 Å². The van der Waals surface area contributed by atoms with Crippen LogP contribution in [0.3, 0.4) is 0 Å². The van der Waals surface area contributed by atoms with Crippen molar-refractivity contribution < 1.29 is 8.42 Å². The summed E-state index contributed by atoms with van der Waals surface area (Å²) >= 11 is 1.41. The summed E-state index contributed by atoms with van der Waals surface area (Å²) < 4.78 is 21.7. The largest absolute Gasteiger partial charge is 0.247 e. The number of sulfone groups is 1. The van der Waals surface area contributed by atoms with E-state index in [2.05, 4.69) is 11.2 Å². The number of thiazole rings is 1. The number of rotatable bonds is 2. The Bertz CT molecular complexity index is 378. The second-order valence-electron chi connectivity index (χ2n) is 2.63. The minimum absolute atomic E-state index is 0.00431. The van der Waals surface area contributed by atoms with Crippen LogP contribution in [0.25, 0.3) is 0 Å². The lowest BCUT2D eigenvalue weighted by Crippen LogP contribution is -1.97. The maximum Gasteiger partial charge on any atom is 0.156 e. The molecule has 1 heterocycles. The third-order valence-electron chi connectivity index (χ3n) is 1.35. The van der Waals surface area contributed by atoms with E-state index in [-0.39, 0.29) is 5.75 Å². The van der Waals surface area contributed by atoms with Crippen LogP contribution in [0.1, 0.15) is 15.6 Å². The molecule has 0 saturated heterocycles. The fraction of sp³-hybridized carbons (Fsp3) is 0.429. The molecule has 0 aliphatic heterocycles. The number of aryl methyl sites for hydroxylation is 2. The van der Waals surface area contributed by atoms with E-state index in [4.69, 9.17) is 0 Å². The minimum atomic E-state index is -3.17. The van der Waals surface area contributed by atoms with E-state index >= 15 is 0 Å². The van der Waals surface area contributed by atoms with Crippen LogP contribution < -0.4 is 0 Å². The molecule has 0 amide bonds. The maximum absolute atomic E-state index is 10.8. The van der Waals surface area contributed by atoms with Gasteiger partial charge in [0.25, 0.3) is 0 Å². The monoisotopic (exact) mass is 204 g/mol. The van der Waals surface area contributed by atoms with Crippen LogP contribution in [0.5, 0.6) is 0 Å². The Balaban J connectivity index is 2.97. The average Bonchev–Trinajstić information content (AvgIpc) is 2.06. The van der Waals surface area contributed by atoms with Crippen LogP contribution in [-0.2, 0) is 15.6 Å². The molecule has 0 aliphatic rings. The van der Waals surface area contributed by atoms with Crippen molar-refractivity contribution in [2.75, 3.05) is 0 Å². The molecule has 0 unspecified atom stereocenters. The molecule has 1 aromatic rings. The molecule has 0 saturated carbocycles. The Morgan fingerprint density at radius 1 is 1.50 bits per heavy atom. The molecule has 1 rings (SSSR count). The van der Waals surface area contributed by atoms with Crippen molar-refractivity contribution in [2.24, 2.45) is 0 Å². The summed E-state index contributed by atoms with van der Waals surface area (Å²) in [6.45, 7) is 3.67. The zero-order valence-corrected chi connectivity index (χ0v) is 8.63. The van der Waals surface area contributed by atoms with Gasteiger partial charge >= 0.3 is 0 Å². The van der Waals surface area contributed by atoms with E-state index in [9.17, 15) is 8.42 Å². The summed E-state index contributed by atoms with van der Waals surface area (Å²) in [6, 6.07) is 0. The second kappa shape index (κ2) is 3.14. The van der Waals surface area contributed by atoms with Crippen molar-refractivity contribution in [2.45, 2.75) is 19.6 Å². The molecule has 67 valence electrons. The van der Waals surface area contributed by atoms with Crippen molar-refractivity contribution in [1.29, 1.82) is 0 Å². The molecule has 0 fully saturated rings. The summed E-state index contributed by atoms with van der Waals surface area (Å²) in [5.74, 6) is 0.00431. The third-order valence-corrected chi connectivity index (χ3v) is 3.33. The van der Waals surface area contributed by atoms with Crippen molar-refractivity contribution in [3.63, 3.8) is 0 Å². The van der Waals surface area contributed by atoms with E-state index in [1.807, 2.05) is 13.8 Å². The van der Waals surface area contributed by atoms with Gasteiger partial charge in [-0.15, -0.1) is 11.3 Å². The molecule has 3 nitrogen and oxygen atoms in total. The highest BCUT2D eigenvalue weighted by atomic mass is 32.2. The van der Waals surface area contributed by atoms with Gasteiger partial charge in [0.2, 0.25) is 0 Å². The number of hydrogen-bond acceptors (Lipinski definition) is 4. The van der Waals surface area contributed by atoms with Crippen molar-refractivity contribution in [3.05, 3.63) is 21.8 Å². The Hall–Kier alpha value is -0.420. The first-order valence-electron chi connectivity index (χ1n) is 3.37. The summed E-state index contributed by atoms with van der Waals surface area (Å²) in [5, 5.41) is 0.895. The highest BCUT2D eigenvalue weighted by molar-refractivity contribution is 7.91. The van der Waals surface area contributed by atoms with E-state index in [1.165, 1.54) is 11.3 Å². The molecule has 0 bridgehead atoms. The fourth-order valence-electron chi connectivity index (χ4n) is 0.907. The SMILES string of the molecule is [CH2]S(=O)(=O)Cc1sc(C)nc1C. The smallest absolute Gasteiger partial charge is 0.156 e. The first-order valence-corrected chi connectivity index (χ1v) is 6.01. The summed E-state index contributed by atoms with van der Waals surface area (Å²) in [6.07, 6.45) is 3.07. The highest BCUT2D eigenvalue weighted by Crippen LogP contribution is 2.19. The van der Waals surface area contributed by atoms with Gasteiger partial charge in [-0.1, -0.05) is 0 Å². The average molecular weight is 204 g/mol. The molecule has 12 heavy (non-hydrogen) atoms. The topological polar surface area (TPSA) is 47.0 Å². The van der Waals surface area contributed by atoms with Crippen LogP contribution in [0, 0.1) is 20.1 Å². The lowest BCUT2D eigenvalue weighted by molar-refractivity contribution is 0.604. The van der Waals surface area contributed by atoms with E-state index < -0.39 is 9.84 Å². The molecule has 0 spiro atoms. The van der Waals surface area contributed by atoms with Gasteiger partial charge in [-0.05, 0) is 13.8 Å². The fourth-order valence-corrected chi connectivity index (χ4v) is 3.02. The van der Waals surface area contributed by atoms with E-state index in [1.54, 1.807) is 0 Å². The second-order valence-corrected chi connectivity index (χ2v) is 5.69. The zero-order chi connectivity index (χ0) is 9.35. The van der Waals surface area contributed by atoms with Gasteiger partial charge < -0.3 is 0 Å². The lowest BCUT2D eigenvalue weighted by Gasteiger charge is -1.93. The molecule has 0 N–H and O–H groups in total. The lowest BCUT2D eigenvalue weighted by atomic mass is 10.4. The van der Waals surface area contributed by atoms with Crippen LogP contribution in [0.2, 0.25) is 0 Å². The van der Waals surface area contributed by atoms with E-state index in [0.717, 1.165) is 15.6 Å². The first-order chi connectivity index (χ1) is 5.38. The quantitative estimate of drug-likeness (QED) is 0.733. The zero-order valence-electron chi connectivity index (χ0n) is 6.99. The molecular formula is C7H10NO2S2. The molecule has 0 aromatic carbocycles. The molecule has 0 aliphatic carbocycles. The van der Waals surface area contributed by atoms with Crippen molar-refractivity contribution >= 4 is 21.2 Å². The Morgan fingerprint density at radius 3 is 2.42 bits per heavy atom. The maximum atomic E-state index is 10.8. The molecule has 1 aromatic heterocycles. The summed E-state index contributed by atoms with van der Waals surface area (Å²) in [7, 11) is -3.17. The normalized spacial score (nSPS) is 11.9. The third kappa shape index (κ3) is 2.57. The molecule has 1 radical (unpaired) electrons. The van der Waals surface area contributed by atoms with Crippen molar-refractivity contribution in [1.82, 2.24) is 4.98 Å². The van der Waals surface area contributed by atoms with Crippen LogP contribution in [0.4, 0.5) is 0 Å². The Kier molecular flexibility index (Phi) is 2.53. The van der Waals surface area contributed by atoms with Crippen LogP contribution in [-0.4, -0.2) is 13.4 Å². The summed E-state index contributed by atoms with van der Waals surface area (Å²) in [4.78, 5) is 4.92. The predicted molar refractivity (Wildman–Crippen MR) is 49.6 cm³/mol. The number of aromatic nitrogens is 1. The van der Waals surface area contributed by atoms with Gasteiger partial charge in [0.15, 0.2) is 9.84 Å². The number of hydrogen-bond donors (Lipinski definition) is 0. The first kappa shape index (κ1) is 9.67. The number of nitrogens with zero attached hydrogens (tertiary/aromatic N) is 1.